The number of hydrogen-bond acceptors (Lipinski definition) is 9. The molecule has 0 spiro atoms. The summed E-state index contributed by atoms with van der Waals surface area (Å²) in [5, 5.41) is 0. The van der Waals surface area contributed by atoms with Crippen molar-refractivity contribution in [2.75, 3.05) is 26.9 Å². The number of fused-ring (bicyclic) bond motifs is 1. The Bertz CT molecular complexity index is 1670. The Balaban J connectivity index is 1.90. The van der Waals surface area contributed by atoms with Crippen LogP contribution >= 0.6 is 27.3 Å². The number of carbonyl (C=O) groups excluding carboxylic acids is 2. The van der Waals surface area contributed by atoms with E-state index in [2.05, 4.69) is 25.7 Å². The van der Waals surface area contributed by atoms with E-state index in [0.717, 1.165) is 15.6 Å². The number of hydrogen-bond donors (Lipinski definition) is 0. The minimum atomic E-state index is -0.823. The summed E-state index contributed by atoms with van der Waals surface area (Å²) in [4.78, 5) is 43.8. The molecule has 0 unspecified atom stereocenters. The van der Waals surface area contributed by atoms with Crippen LogP contribution in [0, 0.1) is 6.92 Å². The molecule has 9 nitrogen and oxygen atoms in total. The molecule has 210 valence electrons. The van der Waals surface area contributed by atoms with Crippen LogP contribution in [-0.4, -0.2) is 43.4 Å². The van der Waals surface area contributed by atoms with Crippen LogP contribution in [0.2, 0.25) is 0 Å². The summed E-state index contributed by atoms with van der Waals surface area (Å²) in [5.74, 6) is -0.419. The second-order valence-corrected chi connectivity index (χ2v) is 10.7. The Morgan fingerprint density at radius 2 is 1.85 bits per heavy atom. The average molecular weight is 630 g/mol. The maximum atomic E-state index is 13.9. The largest absolute Gasteiger partial charge is 0.490 e. The quantitative estimate of drug-likeness (QED) is 0.332. The molecule has 1 aliphatic heterocycles. The summed E-state index contributed by atoms with van der Waals surface area (Å²) < 4.78 is 24.4. The van der Waals surface area contributed by atoms with Crippen molar-refractivity contribution in [3.63, 3.8) is 0 Å². The van der Waals surface area contributed by atoms with Gasteiger partial charge in [0.05, 0.1) is 42.2 Å². The van der Waals surface area contributed by atoms with Crippen LogP contribution in [0.25, 0.3) is 6.08 Å². The van der Waals surface area contributed by atoms with Crippen LogP contribution in [0.3, 0.4) is 0 Å². The fraction of sp³-hybridized carbons (Fsp3) is 0.310. The third-order valence-electron chi connectivity index (χ3n) is 6.17. The number of benzene rings is 2. The topological polar surface area (TPSA) is 105 Å². The van der Waals surface area contributed by atoms with Crippen molar-refractivity contribution in [1.82, 2.24) is 4.57 Å². The summed E-state index contributed by atoms with van der Waals surface area (Å²) in [7, 11) is 1.28. The minimum Gasteiger partial charge on any atom is -0.490 e. The summed E-state index contributed by atoms with van der Waals surface area (Å²) >= 11 is 4.79. The van der Waals surface area contributed by atoms with E-state index in [4.69, 9.17) is 14.2 Å². The van der Waals surface area contributed by atoms with Crippen molar-refractivity contribution in [2.45, 2.75) is 33.7 Å². The molecular formula is C29H29BrN2O7S. The minimum absolute atomic E-state index is 0.166. The zero-order chi connectivity index (χ0) is 29.0. The Labute approximate surface area is 243 Å². The molecule has 0 saturated heterocycles. The predicted molar refractivity (Wildman–Crippen MR) is 154 cm³/mol. The molecular weight excluding hydrogens is 600 g/mol. The first-order chi connectivity index (χ1) is 19.2. The van der Waals surface area contributed by atoms with E-state index in [1.807, 2.05) is 38.1 Å². The summed E-state index contributed by atoms with van der Waals surface area (Å²) in [6.07, 6.45) is 1.81. The van der Waals surface area contributed by atoms with Gasteiger partial charge in [0.25, 0.3) is 5.56 Å². The number of aryl methyl sites for hydroxylation is 1. The molecule has 0 fully saturated rings. The number of aromatic nitrogens is 1. The molecule has 11 heteroatoms. The molecule has 0 aliphatic carbocycles. The van der Waals surface area contributed by atoms with Crippen LogP contribution in [0.5, 0.6) is 11.5 Å². The number of allylic oxidation sites excluding steroid dienone is 1. The lowest BCUT2D eigenvalue weighted by molar-refractivity contribution is -0.143. The smallest absolute Gasteiger partial charge is 0.343 e. The number of methoxy groups -OCH3 is 1. The molecule has 0 bridgehead atoms. The molecule has 0 saturated carbocycles. The van der Waals surface area contributed by atoms with Gasteiger partial charge in [-0.25, -0.2) is 14.6 Å². The van der Waals surface area contributed by atoms with Crippen molar-refractivity contribution in [3.05, 3.63) is 88.5 Å². The molecule has 1 atom stereocenters. The van der Waals surface area contributed by atoms with E-state index in [-0.39, 0.29) is 24.3 Å². The molecule has 40 heavy (non-hydrogen) atoms. The van der Waals surface area contributed by atoms with E-state index in [1.54, 1.807) is 32.0 Å². The fourth-order valence-electron chi connectivity index (χ4n) is 4.24. The lowest BCUT2D eigenvalue weighted by Gasteiger charge is -2.25. The van der Waals surface area contributed by atoms with Gasteiger partial charge in [-0.3, -0.25) is 9.36 Å². The van der Waals surface area contributed by atoms with Gasteiger partial charge in [0.1, 0.15) is 0 Å². The van der Waals surface area contributed by atoms with Crippen molar-refractivity contribution in [3.8, 4) is 11.5 Å². The van der Waals surface area contributed by atoms with E-state index >= 15 is 0 Å². The number of nitrogens with zero attached hydrogens (tertiary/aromatic N) is 2. The highest BCUT2D eigenvalue weighted by atomic mass is 79.9. The summed E-state index contributed by atoms with van der Waals surface area (Å²) in [6.45, 7) is 7.45. The van der Waals surface area contributed by atoms with E-state index in [1.165, 1.54) is 23.0 Å². The predicted octanol–water partition coefficient (Wildman–Crippen LogP) is 3.82. The van der Waals surface area contributed by atoms with E-state index in [0.29, 0.717) is 38.7 Å². The van der Waals surface area contributed by atoms with Gasteiger partial charge < -0.3 is 18.9 Å². The molecule has 1 aliphatic rings. The van der Waals surface area contributed by atoms with Crippen LogP contribution < -0.4 is 24.4 Å². The Morgan fingerprint density at radius 3 is 2.52 bits per heavy atom. The number of rotatable bonds is 9. The standard InChI is InChI=1S/C29H29BrN2O7S/c1-6-37-22-14-19(10-11-21(22)39-15-24(33)36-5)26-25(28(35)38-7-2)17(4)31-29-32(26)27(34)23(40-29)13-18-9-8-16(3)20(30)12-18/h8-14,26H,6-7,15H2,1-5H3/b23-13+/t26-/m0/s1. The van der Waals surface area contributed by atoms with E-state index in [9.17, 15) is 14.4 Å². The van der Waals surface area contributed by atoms with Crippen molar-refractivity contribution in [1.29, 1.82) is 0 Å². The Morgan fingerprint density at radius 1 is 1.07 bits per heavy atom. The molecule has 4 rings (SSSR count). The van der Waals surface area contributed by atoms with Gasteiger partial charge in [-0.05, 0) is 68.7 Å². The van der Waals surface area contributed by atoms with Crippen LogP contribution in [-0.2, 0) is 19.1 Å². The third kappa shape index (κ3) is 6.05. The SMILES string of the molecule is CCOC(=O)C1=C(C)N=c2s/c(=C/c3ccc(C)c(Br)c3)c(=O)n2[C@H]1c1ccc(OCC(=O)OC)c(OCC)c1. The summed E-state index contributed by atoms with van der Waals surface area (Å²) in [6, 6.07) is 10.1. The molecule has 2 heterocycles. The summed E-state index contributed by atoms with van der Waals surface area (Å²) in [5.41, 5.74) is 2.95. The third-order valence-corrected chi connectivity index (χ3v) is 8.00. The monoisotopic (exact) mass is 628 g/mol. The lowest BCUT2D eigenvalue weighted by atomic mass is 9.95. The second-order valence-electron chi connectivity index (χ2n) is 8.81. The highest BCUT2D eigenvalue weighted by Gasteiger charge is 2.34. The maximum Gasteiger partial charge on any atom is 0.343 e. The average Bonchev–Trinajstić information content (AvgIpc) is 3.23. The van der Waals surface area contributed by atoms with Crippen molar-refractivity contribution in [2.24, 2.45) is 4.99 Å². The lowest BCUT2D eigenvalue weighted by Crippen LogP contribution is -2.40. The molecule has 0 N–H and O–H groups in total. The molecule has 1 aromatic heterocycles. The van der Waals surface area contributed by atoms with Gasteiger partial charge in [-0.1, -0.05) is 45.5 Å². The normalized spacial score (nSPS) is 14.8. The number of thiazole rings is 1. The van der Waals surface area contributed by atoms with Gasteiger partial charge in [-0.2, -0.15) is 0 Å². The van der Waals surface area contributed by atoms with Gasteiger partial charge in [0.15, 0.2) is 22.9 Å². The zero-order valence-corrected chi connectivity index (χ0v) is 25.2. The van der Waals surface area contributed by atoms with Crippen molar-refractivity contribution < 1.29 is 28.5 Å². The number of ether oxygens (including phenoxy) is 4. The van der Waals surface area contributed by atoms with Crippen molar-refractivity contribution >= 4 is 45.3 Å². The molecule has 0 radical (unpaired) electrons. The Hall–Kier alpha value is -3.70. The number of esters is 2. The highest BCUT2D eigenvalue weighted by molar-refractivity contribution is 9.10. The molecule has 2 aromatic carbocycles. The van der Waals surface area contributed by atoms with Crippen LogP contribution in [0.15, 0.2) is 61.9 Å². The van der Waals surface area contributed by atoms with E-state index < -0.39 is 18.0 Å². The molecule has 0 amide bonds. The van der Waals surface area contributed by atoms with Crippen LogP contribution in [0.1, 0.15) is 43.5 Å². The highest BCUT2D eigenvalue weighted by Crippen LogP contribution is 2.36. The first kappa shape index (κ1) is 29.3. The molecule has 3 aromatic rings. The van der Waals surface area contributed by atoms with Gasteiger partial charge in [-0.15, -0.1) is 0 Å². The maximum absolute atomic E-state index is 13.9. The number of carbonyl (C=O) groups is 2. The van der Waals surface area contributed by atoms with Gasteiger partial charge >= 0.3 is 11.9 Å². The van der Waals surface area contributed by atoms with Crippen LogP contribution in [0.4, 0.5) is 0 Å². The second kappa shape index (κ2) is 12.6. The first-order valence-corrected chi connectivity index (χ1v) is 14.2. The fourth-order valence-corrected chi connectivity index (χ4v) is 5.68. The van der Waals surface area contributed by atoms with Gasteiger partial charge in [0.2, 0.25) is 0 Å². The Kier molecular flexibility index (Phi) is 9.26. The zero-order valence-electron chi connectivity index (χ0n) is 22.8. The first-order valence-electron chi connectivity index (χ1n) is 12.6. The van der Waals surface area contributed by atoms with Gasteiger partial charge in [0, 0.05) is 4.47 Å². The number of halogens is 1.